The Kier molecular flexibility index (Phi) is 4.24. The van der Waals surface area contributed by atoms with Crippen LogP contribution in [-0.2, 0) is 11.2 Å². The molecule has 4 aromatic rings. The Morgan fingerprint density at radius 3 is 2.70 bits per heavy atom. The Balaban J connectivity index is 1.64. The van der Waals surface area contributed by atoms with Crippen LogP contribution < -0.4 is 10.9 Å². The summed E-state index contributed by atoms with van der Waals surface area (Å²) < 4.78 is 27.8. The monoisotopic (exact) mass is 387 g/mol. The first-order valence-corrected chi connectivity index (χ1v) is 8.65. The van der Waals surface area contributed by atoms with Gasteiger partial charge in [-0.1, -0.05) is 6.07 Å². The molecule has 0 aliphatic rings. The molecule has 0 atom stereocenters. The number of nitrogens with zero attached hydrogens (tertiary/aromatic N) is 3. The number of benzene rings is 1. The summed E-state index contributed by atoms with van der Waals surface area (Å²) >= 11 is 1.46. The van der Waals surface area contributed by atoms with E-state index in [1.807, 2.05) is 17.5 Å². The number of halogens is 2. The van der Waals surface area contributed by atoms with Crippen molar-refractivity contribution in [3.8, 4) is 10.6 Å². The standard InChI is InChI=1S/C17H11F2N5O2S/c18-9-4-10(19)6-11(5-9)20-16(25)8-15-21-22-17(26)13-7-12(23-24(13)15)14-2-1-3-27-14/h1-7H,8H2,(H,20,25)(H,22,26). The molecule has 0 fully saturated rings. The molecule has 0 spiro atoms. The van der Waals surface area contributed by atoms with Crippen molar-refractivity contribution in [3.05, 3.63) is 69.6 Å². The van der Waals surface area contributed by atoms with Gasteiger partial charge in [0.05, 0.1) is 11.3 Å². The SMILES string of the molecule is O=C(Cc1n[nH]c(=O)c2cc(-c3cccs3)nn12)Nc1cc(F)cc(F)c1. The number of anilines is 1. The first-order valence-electron chi connectivity index (χ1n) is 7.77. The van der Waals surface area contributed by atoms with Gasteiger partial charge in [-0.15, -0.1) is 11.3 Å². The molecule has 0 aliphatic carbocycles. The second kappa shape index (κ2) is 6.72. The molecular weight excluding hydrogens is 376 g/mol. The number of rotatable bonds is 4. The summed E-state index contributed by atoms with van der Waals surface area (Å²) in [5, 5.41) is 14.8. The second-order valence-electron chi connectivity index (χ2n) is 5.66. The number of carbonyl (C=O) groups excluding carboxylic acids is 1. The molecule has 4 rings (SSSR count). The van der Waals surface area contributed by atoms with Crippen molar-refractivity contribution in [1.82, 2.24) is 19.8 Å². The highest BCUT2D eigenvalue weighted by Crippen LogP contribution is 2.23. The Morgan fingerprint density at radius 1 is 1.22 bits per heavy atom. The van der Waals surface area contributed by atoms with E-state index in [1.165, 1.54) is 15.9 Å². The van der Waals surface area contributed by atoms with Crippen molar-refractivity contribution in [2.24, 2.45) is 0 Å². The van der Waals surface area contributed by atoms with Crippen molar-refractivity contribution in [2.45, 2.75) is 6.42 Å². The average Bonchev–Trinajstić information content (AvgIpc) is 3.25. The number of amides is 1. The fourth-order valence-corrected chi connectivity index (χ4v) is 3.27. The molecule has 1 amide bonds. The third kappa shape index (κ3) is 3.47. The average molecular weight is 387 g/mol. The molecule has 27 heavy (non-hydrogen) atoms. The highest BCUT2D eigenvalue weighted by molar-refractivity contribution is 7.13. The number of aromatic amines is 1. The minimum absolute atomic E-state index is 0.0158. The molecule has 0 saturated heterocycles. The highest BCUT2D eigenvalue weighted by atomic mass is 32.1. The molecule has 3 heterocycles. The van der Waals surface area contributed by atoms with Crippen LogP contribution in [0.5, 0.6) is 0 Å². The van der Waals surface area contributed by atoms with Crippen LogP contribution in [0.1, 0.15) is 5.82 Å². The number of fused-ring (bicyclic) bond motifs is 1. The Hall–Kier alpha value is -3.40. The first-order chi connectivity index (χ1) is 13.0. The summed E-state index contributed by atoms with van der Waals surface area (Å²) in [7, 11) is 0. The normalized spacial score (nSPS) is 11.0. The van der Waals surface area contributed by atoms with Gasteiger partial charge < -0.3 is 5.32 Å². The van der Waals surface area contributed by atoms with Crippen LogP contribution in [0.4, 0.5) is 14.5 Å². The predicted molar refractivity (Wildman–Crippen MR) is 95.6 cm³/mol. The maximum absolute atomic E-state index is 13.2. The molecule has 0 unspecified atom stereocenters. The fourth-order valence-electron chi connectivity index (χ4n) is 2.59. The van der Waals surface area contributed by atoms with Crippen LogP contribution in [0.3, 0.4) is 0 Å². The van der Waals surface area contributed by atoms with Gasteiger partial charge in [-0.05, 0) is 29.6 Å². The molecular formula is C17H11F2N5O2S. The maximum atomic E-state index is 13.2. The zero-order chi connectivity index (χ0) is 19.0. The van der Waals surface area contributed by atoms with Crippen LogP contribution in [-0.4, -0.2) is 25.7 Å². The number of thiophene rings is 1. The summed E-state index contributed by atoms with van der Waals surface area (Å²) in [5.41, 5.74) is 0.366. The smallest absolute Gasteiger partial charge is 0.290 e. The molecule has 7 nitrogen and oxygen atoms in total. The van der Waals surface area contributed by atoms with E-state index in [9.17, 15) is 18.4 Å². The van der Waals surface area contributed by atoms with E-state index in [0.29, 0.717) is 11.8 Å². The molecule has 0 radical (unpaired) electrons. The lowest BCUT2D eigenvalue weighted by atomic mass is 10.3. The fraction of sp³-hybridized carbons (Fsp3) is 0.0588. The number of aromatic nitrogens is 4. The van der Waals surface area contributed by atoms with E-state index in [0.717, 1.165) is 17.0 Å². The number of H-pyrrole nitrogens is 1. The van der Waals surface area contributed by atoms with Gasteiger partial charge in [0.25, 0.3) is 5.56 Å². The largest absolute Gasteiger partial charge is 0.325 e. The quantitative estimate of drug-likeness (QED) is 0.563. The van der Waals surface area contributed by atoms with Gasteiger partial charge in [-0.3, -0.25) is 9.59 Å². The van der Waals surface area contributed by atoms with Gasteiger partial charge in [-0.2, -0.15) is 10.2 Å². The minimum Gasteiger partial charge on any atom is -0.325 e. The first kappa shape index (κ1) is 17.0. The molecule has 0 bridgehead atoms. The number of nitrogens with one attached hydrogen (secondary N) is 2. The lowest BCUT2D eigenvalue weighted by Crippen LogP contribution is -2.22. The van der Waals surface area contributed by atoms with E-state index >= 15 is 0 Å². The van der Waals surface area contributed by atoms with E-state index in [2.05, 4.69) is 20.6 Å². The number of carbonyl (C=O) groups is 1. The lowest BCUT2D eigenvalue weighted by molar-refractivity contribution is -0.115. The van der Waals surface area contributed by atoms with Crippen molar-refractivity contribution in [3.63, 3.8) is 0 Å². The van der Waals surface area contributed by atoms with E-state index in [-0.39, 0.29) is 23.4 Å². The Labute approximate surface area is 154 Å². The van der Waals surface area contributed by atoms with Gasteiger partial charge in [-0.25, -0.2) is 18.4 Å². The van der Waals surface area contributed by atoms with Gasteiger partial charge in [0.2, 0.25) is 5.91 Å². The van der Waals surface area contributed by atoms with Crippen molar-refractivity contribution < 1.29 is 13.6 Å². The second-order valence-corrected chi connectivity index (χ2v) is 6.60. The van der Waals surface area contributed by atoms with Crippen molar-refractivity contribution in [2.75, 3.05) is 5.32 Å². The minimum atomic E-state index is -0.803. The van der Waals surface area contributed by atoms with Gasteiger partial charge in [0.1, 0.15) is 22.8 Å². The van der Waals surface area contributed by atoms with Gasteiger partial charge in [0.15, 0.2) is 5.82 Å². The topological polar surface area (TPSA) is 92.2 Å². The van der Waals surface area contributed by atoms with Crippen LogP contribution in [0.25, 0.3) is 16.1 Å². The van der Waals surface area contributed by atoms with Gasteiger partial charge >= 0.3 is 0 Å². The van der Waals surface area contributed by atoms with Crippen molar-refractivity contribution in [1.29, 1.82) is 0 Å². The van der Waals surface area contributed by atoms with Crippen molar-refractivity contribution >= 4 is 28.4 Å². The lowest BCUT2D eigenvalue weighted by Gasteiger charge is -2.06. The maximum Gasteiger partial charge on any atom is 0.290 e. The highest BCUT2D eigenvalue weighted by Gasteiger charge is 2.15. The molecule has 136 valence electrons. The summed E-state index contributed by atoms with van der Waals surface area (Å²) in [6, 6.07) is 8.03. The number of hydrogen-bond acceptors (Lipinski definition) is 5. The predicted octanol–water partition coefficient (Wildman–Crippen LogP) is 2.61. The Bertz CT molecular complexity index is 1180. The third-order valence-electron chi connectivity index (χ3n) is 3.71. The molecule has 10 heteroatoms. The van der Waals surface area contributed by atoms with Crippen LogP contribution in [0.2, 0.25) is 0 Å². The van der Waals surface area contributed by atoms with Crippen LogP contribution >= 0.6 is 11.3 Å². The zero-order valence-corrected chi connectivity index (χ0v) is 14.4. The molecule has 3 aromatic heterocycles. The third-order valence-corrected chi connectivity index (χ3v) is 4.60. The van der Waals surface area contributed by atoms with E-state index < -0.39 is 23.1 Å². The zero-order valence-electron chi connectivity index (χ0n) is 13.6. The Morgan fingerprint density at radius 2 is 2.00 bits per heavy atom. The van der Waals surface area contributed by atoms with E-state index in [1.54, 1.807) is 6.07 Å². The molecule has 2 N–H and O–H groups in total. The summed E-state index contributed by atoms with van der Waals surface area (Å²) in [4.78, 5) is 25.1. The summed E-state index contributed by atoms with van der Waals surface area (Å²) in [6.07, 6.45) is -0.253. The van der Waals surface area contributed by atoms with Crippen LogP contribution in [0.15, 0.2) is 46.6 Å². The molecule has 0 saturated carbocycles. The molecule has 1 aromatic carbocycles. The van der Waals surface area contributed by atoms with Crippen LogP contribution in [0, 0.1) is 11.6 Å². The summed E-state index contributed by atoms with van der Waals surface area (Å²) in [5.74, 6) is -1.99. The summed E-state index contributed by atoms with van der Waals surface area (Å²) in [6.45, 7) is 0. The van der Waals surface area contributed by atoms with E-state index in [4.69, 9.17) is 0 Å². The number of hydrogen-bond donors (Lipinski definition) is 2. The van der Waals surface area contributed by atoms with Gasteiger partial charge in [0, 0.05) is 11.8 Å². The molecule has 0 aliphatic heterocycles.